The topological polar surface area (TPSA) is 88.7 Å². The molecule has 2 N–H and O–H groups in total. The highest BCUT2D eigenvalue weighted by atomic mass is 16.5. The van der Waals surface area contributed by atoms with Crippen molar-refractivity contribution in [3.63, 3.8) is 0 Å². The first kappa shape index (κ1) is 22.8. The molecular weight excluding hydrogens is 382 g/mol. The maximum Gasteiger partial charge on any atom is 0.345 e. The van der Waals surface area contributed by atoms with Gasteiger partial charge in [-0.15, -0.1) is 0 Å². The Bertz CT molecular complexity index is 734. The van der Waals surface area contributed by atoms with Crippen LogP contribution in [0, 0.1) is 5.92 Å². The lowest BCUT2D eigenvalue weighted by Crippen LogP contribution is -2.48. The summed E-state index contributed by atoms with van der Waals surface area (Å²) in [6.07, 6.45) is 3.95. The van der Waals surface area contributed by atoms with E-state index in [1.807, 2.05) is 4.57 Å². The van der Waals surface area contributed by atoms with Crippen LogP contribution in [0.4, 0.5) is 0 Å². The first-order chi connectivity index (χ1) is 14.6. The van der Waals surface area contributed by atoms with Crippen LogP contribution in [0.15, 0.2) is 9.79 Å². The molecule has 0 radical (unpaired) electrons. The first-order valence-electron chi connectivity index (χ1n) is 11.6. The van der Waals surface area contributed by atoms with E-state index in [2.05, 4.69) is 41.4 Å². The van der Waals surface area contributed by atoms with Gasteiger partial charge in [-0.1, -0.05) is 13.8 Å². The van der Waals surface area contributed by atoms with E-state index in [-0.39, 0.29) is 5.69 Å². The van der Waals surface area contributed by atoms with Crippen molar-refractivity contribution < 1.29 is 4.74 Å². The average molecular weight is 422 g/mol. The molecule has 9 nitrogen and oxygen atoms in total. The minimum Gasteiger partial charge on any atom is -0.379 e. The summed E-state index contributed by atoms with van der Waals surface area (Å²) in [6, 6.07) is 0.416. The van der Waals surface area contributed by atoms with Gasteiger partial charge in [0, 0.05) is 51.7 Å². The molecule has 0 spiro atoms. The molecule has 9 heteroatoms. The number of nitrogens with one attached hydrogen (secondary N) is 2. The Labute approximate surface area is 179 Å². The minimum atomic E-state index is 0.0376. The second-order valence-corrected chi connectivity index (χ2v) is 8.49. The van der Waals surface area contributed by atoms with E-state index in [0.717, 1.165) is 89.9 Å². The lowest BCUT2D eigenvalue weighted by molar-refractivity contribution is 0.00867. The zero-order valence-corrected chi connectivity index (χ0v) is 18.9. The molecule has 3 heterocycles. The highest BCUT2D eigenvalue weighted by Gasteiger charge is 2.23. The Balaban J connectivity index is 1.50. The normalized spacial score (nSPS) is 19.0. The van der Waals surface area contributed by atoms with Crippen LogP contribution in [0.3, 0.4) is 0 Å². The van der Waals surface area contributed by atoms with Crippen LogP contribution in [-0.2, 0) is 24.2 Å². The van der Waals surface area contributed by atoms with Gasteiger partial charge in [0.25, 0.3) is 0 Å². The van der Waals surface area contributed by atoms with Crippen molar-refractivity contribution in [3.05, 3.63) is 16.3 Å². The van der Waals surface area contributed by atoms with E-state index in [4.69, 9.17) is 9.73 Å². The fourth-order valence-corrected chi connectivity index (χ4v) is 4.21. The quantitative estimate of drug-likeness (QED) is 0.346. The van der Waals surface area contributed by atoms with Gasteiger partial charge in [0.05, 0.1) is 19.8 Å². The number of nitrogens with zero attached hydrogens (tertiary/aromatic N) is 5. The summed E-state index contributed by atoms with van der Waals surface area (Å²) in [5, 5.41) is 11.3. The van der Waals surface area contributed by atoms with Crippen molar-refractivity contribution in [3.8, 4) is 0 Å². The molecular formula is C21H39N7O2. The fraction of sp³-hybridized carbons (Fsp3) is 0.857. The minimum absolute atomic E-state index is 0.0376. The number of rotatable bonds is 9. The molecule has 0 aliphatic carbocycles. The van der Waals surface area contributed by atoms with Gasteiger partial charge in [0.1, 0.15) is 5.82 Å². The number of ether oxygens (including phenoxy) is 1. The van der Waals surface area contributed by atoms with Gasteiger partial charge >= 0.3 is 5.69 Å². The molecule has 1 unspecified atom stereocenters. The zero-order valence-electron chi connectivity index (χ0n) is 18.9. The number of morpholine rings is 1. The summed E-state index contributed by atoms with van der Waals surface area (Å²) in [7, 11) is 0. The van der Waals surface area contributed by atoms with Gasteiger partial charge in [-0.25, -0.2) is 9.48 Å². The highest BCUT2D eigenvalue weighted by molar-refractivity contribution is 5.79. The molecule has 0 bridgehead atoms. The molecule has 170 valence electrons. The van der Waals surface area contributed by atoms with E-state index in [9.17, 15) is 4.79 Å². The number of hydrogen-bond donors (Lipinski definition) is 2. The standard InChI is InChI=1S/C21H39N7O2/c1-4-22-20(24-16-18(17(2)3)26-12-14-30-15-13-26)23-9-7-11-28-21(29)27-10-6-5-8-19(27)25-28/h17-18H,4-16H2,1-3H3,(H2,22,23,24). The van der Waals surface area contributed by atoms with Crippen LogP contribution in [0.25, 0.3) is 0 Å². The number of hydrogen-bond acceptors (Lipinski definition) is 5. The molecule has 3 rings (SSSR count). The molecule has 1 aromatic heterocycles. The molecule has 1 atom stereocenters. The molecule has 2 aliphatic rings. The second-order valence-electron chi connectivity index (χ2n) is 8.49. The van der Waals surface area contributed by atoms with Crippen LogP contribution >= 0.6 is 0 Å². The van der Waals surface area contributed by atoms with Gasteiger partial charge < -0.3 is 15.4 Å². The third-order valence-corrected chi connectivity index (χ3v) is 5.94. The Morgan fingerprint density at radius 1 is 1.20 bits per heavy atom. The summed E-state index contributed by atoms with van der Waals surface area (Å²) in [5.74, 6) is 2.32. The molecule has 1 saturated heterocycles. The number of guanidine groups is 1. The number of aliphatic imine (C=N–C) groups is 1. The molecule has 30 heavy (non-hydrogen) atoms. The van der Waals surface area contributed by atoms with Crippen molar-refractivity contribution in [1.29, 1.82) is 0 Å². The summed E-state index contributed by atoms with van der Waals surface area (Å²) >= 11 is 0. The molecule has 1 fully saturated rings. The number of aromatic nitrogens is 3. The maximum absolute atomic E-state index is 12.4. The van der Waals surface area contributed by atoms with Crippen LogP contribution < -0.4 is 16.3 Å². The van der Waals surface area contributed by atoms with Crippen molar-refractivity contribution >= 4 is 5.96 Å². The molecule has 0 amide bonds. The van der Waals surface area contributed by atoms with Gasteiger partial charge in [-0.05, 0) is 32.1 Å². The Morgan fingerprint density at radius 2 is 2.00 bits per heavy atom. The van der Waals surface area contributed by atoms with Crippen molar-refractivity contribution in [2.45, 2.75) is 65.6 Å². The monoisotopic (exact) mass is 421 g/mol. The van der Waals surface area contributed by atoms with Crippen LogP contribution in [0.5, 0.6) is 0 Å². The van der Waals surface area contributed by atoms with E-state index in [1.54, 1.807) is 4.68 Å². The van der Waals surface area contributed by atoms with Gasteiger partial charge in [0.15, 0.2) is 5.96 Å². The van der Waals surface area contributed by atoms with E-state index >= 15 is 0 Å². The lowest BCUT2D eigenvalue weighted by atomic mass is 10.0. The third kappa shape index (κ3) is 6.07. The second kappa shape index (κ2) is 11.5. The Morgan fingerprint density at radius 3 is 2.70 bits per heavy atom. The number of aryl methyl sites for hydroxylation is 2. The SMILES string of the molecule is CCNC(=NCC(C(C)C)N1CCOCC1)NCCCn1nc2n(c1=O)CCCC2. The zero-order chi connectivity index (χ0) is 21.3. The smallest absolute Gasteiger partial charge is 0.345 e. The van der Waals surface area contributed by atoms with Crippen molar-refractivity contribution in [2.75, 3.05) is 45.9 Å². The van der Waals surface area contributed by atoms with Gasteiger partial charge in [-0.2, -0.15) is 5.10 Å². The van der Waals surface area contributed by atoms with E-state index in [0.29, 0.717) is 18.5 Å². The van der Waals surface area contributed by atoms with Crippen LogP contribution in [0.1, 0.15) is 45.9 Å². The Kier molecular flexibility index (Phi) is 8.74. The summed E-state index contributed by atoms with van der Waals surface area (Å²) in [6.45, 7) is 14.0. The molecule has 1 aromatic rings. The summed E-state index contributed by atoms with van der Waals surface area (Å²) < 4.78 is 8.96. The Hall–Kier alpha value is -1.87. The van der Waals surface area contributed by atoms with Crippen LogP contribution in [0.2, 0.25) is 0 Å². The molecule has 0 saturated carbocycles. The first-order valence-corrected chi connectivity index (χ1v) is 11.6. The average Bonchev–Trinajstić information content (AvgIpc) is 3.07. The lowest BCUT2D eigenvalue weighted by Gasteiger charge is -2.36. The van der Waals surface area contributed by atoms with E-state index < -0.39 is 0 Å². The predicted octanol–water partition coefficient (Wildman–Crippen LogP) is 0.683. The van der Waals surface area contributed by atoms with Crippen molar-refractivity contribution in [2.24, 2.45) is 10.9 Å². The maximum atomic E-state index is 12.4. The third-order valence-electron chi connectivity index (χ3n) is 5.94. The molecule has 0 aromatic carbocycles. The van der Waals surface area contributed by atoms with Gasteiger partial charge in [-0.3, -0.25) is 14.5 Å². The van der Waals surface area contributed by atoms with Crippen LogP contribution in [-0.4, -0.2) is 77.2 Å². The summed E-state index contributed by atoms with van der Waals surface area (Å²) in [5.41, 5.74) is 0.0376. The largest absolute Gasteiger partial charge is 0.379 e. The molecule has 2 aliphatic heterocycles. The van der Waals surface area contributed by atoms with Gasteiger partial charge in [0.2, 0.25) is 0 Å². The number of fused-ring (bicyclic) bond motifs is 1. The predicted molar refractivity (Wildman–Crippen MR) is 119 cm³/mol. The summed E-state index contributed by atoms with van der Waals surface area (Å²) in [4.78, 5) is 19.8. The van der Waals surface area contributed by atoms with E-state index in [1.165, 1.54) is 0 Å². The van der Waals surface area contributed by atoms with Crippen molar-refractivity contribution in [1.82, 2.24) is 29.9 Å². The highest BCUT2D eigenvalue weighted by Crippen LogP contribution is 2.13. The fourth-order valence-electron chi connectivity index (χ4n) is 4.21.